The Kier molecular flexibility index (Phi) is 10.9. The van der Waals surface area contributed by atoms with Gasteiger partial charge < -0.3 is 15.4 Å². The lowest BCUT2D eigenvalue weighted by Crippen LogP contribution is -2.36. The van der Waals surface area contributed by atoms with Gasteiger partial charge in [-0.1, -0.05) is 24.3 Å². The fourth-order valence-corrected chi connectivity index (χ4v) is 3.39. The van der Waals surface area contributed by atoms with Crippen LogP contribution in [0.5, 0.6) is 0 Å². The van der Waals surface area contributed by atoms with E-state index in [0.29, 0.717) is 24.6 Å². The second-order valence-electron chi connectivity index (χ2n) is 6.22. The maximum absolute atomic E-state index is 12.2. The number of rotatable bonds is 8. The van der Waals surface area contributed by atoms with Gasteiger partial charge in [-0.3, -0.25) is 0 Å². The topological polar surface area (TPSA) is 58.5 Å². The normalized spacial score (nSPS) is 11.9. The Labute approximate surface area is 190 Å². The second kappa shape index (κ2) is 12.3. The number of ether oxygens (including phenoxy) is 1. The summed E-state index contributed by atoms with van der Waals surface area (Å²) in [5.74, 6) is 0.673. The molecule has 0 saturated carbocycles. The molecule has 0 fully saturated rings. The number of guanidine groups is 1. The zero-order valence-corrected chi connectivity index (χ0v) is 19.7. The van der Waals surface area contributed by atoms with Crippen molar-refractivity contribution in [3.63, 3.8) is 0 Å². The molecule has 0 aliphatic carbocycles. The van der Waals surface area contributed by atoms with E-state index in [4.69, 9.17) is 4.74 Å². The van der Waals surface area contributed by atoms with Crippen molar-refractivity contribution in [1.29, 1.82) is 0 Å². The first-order valence-electron chi connectivity index (χ1n) is 8.94. The van der Waals surface area contributed by atoms with Crippen molar-refractivity contribution in [2.75, 3.05) is 13.2 Å². The van der Waals surface area contributed by atoms with Gasteiger partial charge in [-0.15, -0.1) is 35.3 Å². The fraction of sp³-hybridized carbons (Fsp3) is 0.474. The van der Waals surface area contributed by atoms with Gasteiger partial charge in [-0.05, 0) is 31.9 Å². The molecule has 0 atom stereocenters. The number of nitrogens with one attached hydrogen (secondary N) is 2. The van der Waals surface area contributed by atoms with Crippen LogP contribution in [-0.4, -0.2) is 30.3 Å². The van der Waals surface area contributed by atoms with Crippen molar-refractivity contribution in [3.8, 4) is 0 Å². The number of alkyl halides is 3. The predicted octanol–water partition coefficient (Wildman–Crippen LogP) is 4.71. The molecule has 1 aromatic carbocycles. The van der Waals surface area contributed by atoms with Crippen LogP contribution in [0.3, 0.4) is 0 Å². The van der Waals surface area contributed by atoms with E-state index >= 15 is 0 Å². The minimum Gasteiger partial charge on any atom is -0.367 e. The van der Waals surface area contributed by atoms with Crippen LogP contribution < -0.4 is 10.6 Å². The molecule has 2 N–H and O–H groups in total. The Morgan fingerprint density at radius 2 is 1.93 bits per heavy atom. The first-order valence-corrected chi connectivity index (χ1v) is 9.76. The van der Waals surface area contributed by atoms with Crippen molar-refractivity contribution >= 4 is 41.3 Å². The van der Waals surface area contributed by atoms with Gasteiger partial charge in [0.2, 0.25) is 0 Å². The molecular weight excluding hydrogens is 516 g/mol. The summed E-state index contributed by atoms with van der Waals surface area (Å²) in [7, 11) is 0. The standard InChI is InChI=1S/C19H25F3N4OS.HI/c1-4-23-18(25-10-17-13(2)26-14(3)28-17)24-9-15-6-5-7-16(8-15)11-27-12-19(20,21)22;/h5-8H,4,9-12H2,1-3H3,(H2,23,24,25);1H. The summed E-state index contributed by atoms with van der Waals surface area (Å²) >= 11 is 1.65. The maximum atomic E-state index is 12.2. The first kappa shape index (κ1) is 25.6. The molecule has 0 aliphatic heterocycles. The maximum Gasteiger partial charge on any atom is 0.411 e. The Balaban J connectivity index is 0.00000420. The highest BCUT2D eigenvalue weighted by molar-refractivity contribution is 14.0. The molecule has 0 unspecified atom stereocenters. The Bertz CT molecular complexity index is 796. The molecule has 1 aromatic heterocycles. The van der Waals surface area contributed by atoms with Gasteiger partial charge in [-0.25, -0.2) is 9.98 Å². The van der Waals surface area contributed by atoms with Gasteiger partial charge in [0.1, 0.15) is 6.61 Å². The molecule has 5 nitrogen and oxygen atoms in total. The first-order chi connectivity index (χ1) is 13.3. The van der Waals surface area contributed by atoms with Gasteiger partial charge in [0.05, 0.1) is 30.4 Å². The van der Waals surface area contributed by atoms with Gasteiger partial charge in [0.15, 0.2) is 5.96 Å². The molecule has 0 bridgehead atoms. The average Bonchev–Trinajstić information content (AvgIpc) is 2.94. The molecular formula is C19H26F3IN4OS. The van der Waals surface area contributed by atoms with Crippen LogP contribution in [0.15, 0.2) is 29.3 Å². The molecule has 10 heteroatoms. The van der Waals surface area contributed by atoms with Crippen LogP contribution in [0.25, 0.3) is 0 Å². The third kappa shape index (κ3) is 9.77. The molecule has 0 aliphatic rings. The molecule has 2 rings (SSSR count). The van der Waals surface area contributed by atoms with Gasteiger partial charge >= 0.3 is 6.18 Å². The summed E-state index contributed by atoms with van der Waals surface area (Å²) in [6.45, 7) is 6.37. The third-order valence-electron chi connectivity index (χ3n) is 3.71. The average molecular weight is 542 g/mol. The number of aromatic nitrogens is 1. The smallest absolute Gasteiger partial charge is 0.367 e. The summed E-state index contributed by atoms with van der Waals surface area (Å²) in [5.41, 5.74) is 2.60. The van der Waals surface area contributed by atoms with Crippen LogP contribution in [-0.2, 0) is 24.4 Å². The summed E-state index contributed by atoms with van der Waals surface area (Å²) < 4.78 is 41.3. The van der Waals surface area contributed by atoms with E-state index in [1.54, 1.807) is 29.5 Å². The summed E-state index contributed by atoms with van der Waals surface area (Å²) in [4.78, 5) is 10.1. The molecule has 2 aromatic rings. The van der Waals surface area contributed by atoms with Crippen molar-refractivity contribution < 1.29 is 17.9 Å². The quantitative estimate of drug-likeness (QED) is 0.288. The fourth-order valence-electron chi connectivity index (χ4n) is 2.52. The largest absolute Gasteiger partial charge is 0.411 e. The molecule has 0 radical (unpaired) electrons. The minimum atomic E-state index is -4.32. The summed E-state index contributed by atoms with van der Waals surface area (Å²) in [6.07, 6.45) is -4.32. The lowest BCUT2D eigenvalue weighted by molar-refractivity contribution is -0.176. The van der Waals surface area contributed by atoms with Crippen LogP contribution in [0.2, 0.25) is 0 Å². The van der Waals surface area contributed by atoms with Gasteiger partial charge in [-0.2, -0.15) is 13.2 Å². The van der Waals surface area contributed by atoms with E-state index in [9.17, 15) is 13.2 Å². The number of hydrogen-bond acceptors (Lipinski definition) is 4. The molecule has 29 heavy (non-hydrogen) atoms. The number of halogens is 4. The van der Waals surface area contributed by atoms with Crippen molar-refractivity contribution in [2.24, 2.45) is 4.99 Å². The number of nitrogens with zero attached hydrogens (tertiary/aromatic N) is 2. The van der Waals surface area contributed by atoms with Crippen molar-refractivity contribution in [1.82, 2.24) is 15.6 Å². The number of aryl methyl sites for hydroxylation is 2. The van der Waals surface area contributed by atoms with E-state index in [2.05, 4.69) is 20.6 Å². The summed E-state index contributed by atoms with van der Waals surface area (Å²) in [6, 6.07) is 7.22. The van der Waals surface area contributed by atoms with Crippen LogP contribution in [0.4, 0.5) is 13.2 Å². The number of thiazole rings is 1. The summed E-state index contributed by atoms with van der Waals surface area (Å²) in [5, 5.41) is 7.50. The van der Waals surface area contributed by atoms with E-state index in [-0.39, 0.29) is 30.6 Å². The van der Waals surface area contributed by atoms with E-state index in [0.717, 1.165) is 27.7 Å². The molecule has 0 saturated heterocycles. The van der Waals surface area contributed by atoms with Gasteiger partial charge in [0.25, 0.3) is 0 Å². The Morgan fingerprint density at radius 1 is 1.21 bits per heavy atom. The highest BCUT2D eigenvalue weighted by atomic mass is 127. The van der Waals surface area contributed by atoms with Crippen LogP contribution in [0.1, 0.15) is 33.6 Å². The zero-order valence-electron chi connectivity index (χ0n) is 16.6. The molecule has 0 spiro atoms. The third-order valence-corrected chi connectivity index (χ3v) is 4.78. The van der Waals surface area contributed by atoms with Crippen LogP contribution >= 0.6 is 35.3 Å². The highest BCUT2D eigenvalue weighted by Crippen LogP contribution is 2.17. The van der Waals surface area contributed by atoms with E-state index in [1.165, 1.54) is 0 Å². The molecule has 0 amide bonds. The van der Waals surface area contributed by atoms with Gasteiger partial charge in [0, 0.05) is 11.4 Å². The second-order valence-corrected chi connectivity index (χ2v) is 7.51. The highest BCUT2D eigenvalue weighted by Gasteiger charge is 2.27. The molecule has 1 heterocycles. The molecule has 162 valence electrons. The van der Waals surface area contributed by atoms with Crippen molar-refractivity contribution in [2.45, 2.75) is 46.6 Å². The zero-order chi connectivity index (χ0) is 20.6. The number of aliphatic imine (C=N–C) groups is 1. The lowest BCUT2D eigenvalue weighted by atomic mass is 10.1. The van der Waals surface area contributed by atoms with E-state index < -0.39 is 12.8 Å². The van der Waals surface area contributed by atoms with Crippen molar-refractivity contribution in [3.05, 3.63) is 51.0 Å². The Hall–Kier alpha value is -1.40. The van der Waals surface area contributed by atoms with Crippen LogP contribution in [0, 0.1) is 13.8 Å². The number of hydrogen-bond donors (Lipinski definition) is 2. The monoisotopic (exact) mass is 542 g/mol. The minimum absolute atomic E-state index is 0. The predicted molar refractivity (Wildman–Crippen MR) is 121 cm³/mol. The number of benzene rings is 1. The SMILES string of the molecule is CCNC(=NCc1cccc(COCC(F)(F)F)c1)NCc1sc(C)nc1C.I. The Morgan fingerprint density at radius 3 is 2.55 bits per heavy atom. The lowest BCUT2D eigenvalue weighted by Gasteiger charge is -2.11. The van der Waals surface area contributed by atoms with E-state index in [1.807, 2.05) is 26.8 Å².